The number of anilines is 1. The number of hydrogen-bond donors (Lipinski definition) is 0. The summed E-state index contributed by atoms with van der Waals surface area (Å²) in [7, 11) is 5.64. The van der Waals surface area contributed by atoms with Crippen LogP contribution in [0.25, 0.3) is 0 Å². The van der Waals surface area contributed by atoms with E-state index in [0.717, 1.165) is 43.7 Å². The van der Waals surface area contributed by atoms with Gasteiger partial charge in [-0.05, 0) is 31.2 Å². The summed E-state index contributed by atoms with van der Waals surface area (Å²) in [5.74, 6) is 1.60. The molecule has 7 nitrogen and oxygen atoms in total. The summed E-state index contributed by atoms with van der Waals surface area (Å²) in [6.45, 7) is 2.69. The zero-order valence-electron chi connectivity index (χ0n) is 19.0. The highest BCUT2D eigenvalue weighted by atomic mass is 16.2. The first kappa shape index (κ1) is 22.7. The second-order valence-electron chi connectivity index (χ2n) is 8.43. The minimum Gasteiger partial charge on any atom is -0.363 e. The number of benzene rings is 1. The van der Waals surface area contributed by atoms with Gasteiger partial charge in [-0.15, -0.1) is 0 Å². The molecule has 1 unspecified atom stereocenters. The van der Waals surface area contributed by atoms with Crippen molar-refractivity contribution in [2.75, 3.05) is 32.6 Å². The van der Waals surface area contributed by atoms with Crippen molar-refractivity contribution >= 4 is 17.6 Å². The first-order chi connectivity index (χ1) is 14.8. The van der Waals surface area contributed by atoms with Gasteiger partial charge in [-0.2, -0.15) is 0 Å². The molecule has 166 valence electrons. The Bertz CT molecular complexity index is 900. The summed E-state index contributed by atoms with van der Waals surface area (Å²) < 4.78 is 0. The monoisotopic (exact) mass is 423 g/mol. The molecular weight excluding hydrogens is 390 g/mol. The van der Waals surface area contributed by atoms with E-state index in [4.69, 9.17) is 9.97 Å². The Morgan fingerprint density at radius 1 is 1.10 bits per heavy atom. The topological polar surface area (TPSA) is 69.6 Å². The Balaban J connectivity index is 1.82. The standard InChI is InChI=1S/C24H33N5O2/c1-18(30)28(4)17-20-16-22(27(2)3)26-24(25-20)21-12-8-9-15-29(21)23(31)14-13-19-10-6-5-7-11-19/h5-7,10-11,16,21H,8-9,12-15,17H2,1-4H3. The van der Waals surface area contributed by atoms with Crippen molar-refractivity contribution in [3.05, 3.63) is 53.5 Å². The third-order valence-electron chi connectivity index (χ3n) is 5.77. The Morgan fingerprint density at radius 2 is 1.84 bits per heavy atom. The van der Waals surface area contributed by atoms with E-state index in [9.17, 15) is 9.59 Å². The SMILES string of the molecule is CC(=O)N(C)Cc1cc(N(C)C)nc(C2CCCCN2C(=O)CCc2ccccc2)n1. The van der Waals surface area contributed by atoms with Crippen LogP contribution in [0.15, 0.2) is 36.4 Å². The van der Waals surface area contributed by atoms with Gasteiger partial charge in [-0.3, -0.25) is 9.59 Å². The number of aromatic nitrogens is 2. The van der Waals surface area contributed by atoms with E-state index >= 15 is 0 Å². The van der Waals surface area contributed by atoms with E-state index in [2.05, 4.69) is 12.1 Å². The van der Waals surface area contributed by atoms with Crippen molar-refractivity contribution in [3.8, 4) is 0 Å². The van der Waals surface area contributed by atoms with E-state index in [1.165, 1.54) is 5.56 Å². The van der Waals surface area contributed by atoms with Crippen molar-refractivity contribution < 1.29 is 9.59 Å². The molecule has 2 heterocycles. The smallest absolute Gasteiger partial charge is 0.223 e. The van der Waals surface area contributed by atoms with Gasteiger partial charge >= 0.3 is 0 Å². The average molecular weight is 424 g/mol. The molecule has 1 fully saturated rings. The highest BCUT2D eigenvalue weighted by Crippen LogP contribution is 2.31. The lowest BCUT2D eigenvalue weighted by Crippen LogP contribution is -2.39. The Hall–Kier alpha value is -2.96. The third-order valence-corrected chi connectivity index (χ3v) is 5.77. The molecule has 0 aliphatic carbocycles. The normalized spacial score (nSPS) is 16.1. The molecule has 0 N–H and O–H groups in total. The number of nitrogens with zero attached hydrogens (tertiary/aromatic N) is 5. The van der Waals surface area contributed by atoms with Crippen LogP contribution in [-0.2, 0) is 22.6 Å². The van der Waals surface area contributed by atoms with Crippen LogP contribution < -0.4 is 4.90 Å². The molecule has 31 heavy (non-hydrogen) atoms. The Morgan fingerprint density at radius 3 is 2.52 bits per heavy atom. The molecular formula is C24H33N5O2. The van der Waals surface area contributed by atoms with Crippen LogP contribution in [0.3, 0.4) is 0 Å². The van der Waals surface area contributed by atoms with Gasteiger partial charge in [-0.1, -0.05) is 30.3 Å². The fourth-order valence-electron chi connectivity index (χ4n) is 3.85. The predicted molar refractivity (Wildman–Crippen MR) is 122 cm³/mol. The average Bonchev–Trinajstić information content (AvgIpc) is 2.77. The lowest BCUT2D eigenvalue weighted by Gasteiger charge is -2.35. The van der Waals surface area contributed by atoms with Crippen molar-refractivity contribution in [2.45, 2.75) is 51.6 Å². The van der Waals surface area contributed by atoms with Gasteiger partial charge < -0.3 is 14.7 Å². The van der Waals surface area contributed by atoms with Gasteiger partial charge in [0, 0.05) is 47.1 Å². The van der Waals surface area contributed by atoms with E-state index in [1.807, 2.05) is 48.2 Å². The van der Waals surface area contributed by atoms with Crippen LogP contribution in [0.5, 0.6) is 0 Å². The number of piperidine rings is 1. The van der Waals surface area contributed by atoms with Crippen LogP contribution in [0.2, 0.25) is 0 Å². The largest absolute Gasteiger partial charge is 0.363 e. The number of hydrogen-bond acceptors (Lipinski definition) is 5. The molecule has 2 amide bonds. The number of carbonyl (C=O) groups excluding carboxylic acids is 2. The maximum atomic E-state index is 13.1. The maximum Gasteiger partial charge on any atom is 0.223 e. The van der Waals surface area contributed by atoms with E-state index in [-0.39, 0.29) is 17.9 Å². The van der Waals surface area contributed by atoms with Gasteiger partial charge in [0.1, 0.15) is 5.82 Å². The molecule has 1 aliphatic heterocycles. The second kappa shape index (κ2) is 10.4. The van der Waals surface area contributed by atoms with Gasteiger partial charge in [0.2, 0.25) is 11.8 Å². The number of amides is 2. The molecule has 1 atom stereocenters. The van der Waals surface area contributed by atoms with Crippen molar-refractivity contribution in [3.63, 3.8) is 0 Å². The minimum absolute atomic E-state index is 0.0121. The molecule has 2 aromatic rings. The number of aryl methyl sites for hydroxylation is 1. The van der Waals surface area contributed by atoms with Crippen LogP contribution in [0, 0.1) is 0 Å². The van der Waals surface area contributed by atoms with Crippen LogP contribution in [0.1, 0.15) is 55.7 Å². The number of rotatable bonds is 7. The highest BCUT2D eigenvalue weighted by Gasteiger charge is 2.30. The summed E-state index contributed by atoms with van der Waals surface area (Å²) in [6, 6.07) is 11.9. The first-order valence-corrected chi connectivity index (χ1v) is 11.0. The molecule has 1 aliphatic rings. The van der Waals surface area contributed by atoms with E-state index < -0.39 is 0 Å². The summed E-state index contributed by atoms with van der Waals surface area (Å²) in [6.07, 6.45) is 4.12. The number of likely N-dealkylation sites (tertiary alicyclic amines) is 1. The summed E-state index contributed by atoms with van der Waals surface area (Å²) >= 11 is 0. The summed E-state index contributed by atoms with van der Waals surface area (Å²) in [5, 5.41) is 0. The zero-order valence-corrected chi connectivity index (χ0v) is 19.0. The molecule has 1 aromatic carbocycles. The summed E-state index contributed by atoms with van der Waals surface area (Å²) in [5.41, 5.74) is 1.96. The lowest BCUT2D eigenvalue weighted by atomic mass is 9.99. The predicted octanol–water partition coefficient (Wildman–Crippen LogP) is 3.21. The van der Waals surface area contributed by atoms with Gasteiger partial charge in [-0.25, -0.2) is 9.97 Å². The maximum absolute atomic E-state index is 13.1. The molecule has 1 saturated heterocycles. The van der Waals surface area contributed by atoms with Crippen molar-refractivity contribution in [1.82, 2.24) is 19.8 Å². The first-order valence-electron chi connectivity index (χ1n) is 11.0. The van der Waals surface area contributed by atoms with E-state index in [0.29, 0.717) is 18.8 Å². The zero-order chi connectivity index (χ0) is 22.4. The lowest BCUT2D eigenvalue weighted by molar-refractivity contribution is -0.135. The third kappa shape index (κ3) is 6.03. The molecule has 1 aromatic heterocycles. The molecule has 7 heteroatoms. The second-order valence-corrected chi connectivity index (χ2v) is 8.43. The molecule has 3 rings (SSSR count). The molecule has 0 radical (unpaired) electrons. The Labute approximate surface area is 185 Å². The van der Waals surface area contributed by atoms with Gasteiger partial charge in [0.05, 0.1) is 18.3 Å². The summed E-state index contributed by atoms with van der Waals surface area (Å²) in [4.78, 5) is 39.9. The highest BCUT2D eigenvalue weighted by molar-refractivity contribution is 5.77. The minimum atomic E-state index is -0.127. The Kier molecular flexibility index (Phi) is 7.60. The quantitative estimate of drug-likeness (QED) is 0.684. The molecule has 0 saturated carbocycles. The van der Waals surface area contributed by atoms with Crippen molar-refractivity contribution in [2.24, 2.45) is 0 Å². The fourth-order valence-corrected chi connectivity index (χ4v) is 3.85. The fraction of sp³-hybridized carbons (Fsp3) is 0.500. The molecule has 0 bridgehead atoms. The van der Waals surface area contributed by atoms with E-state index in [1.54, 1.807) is 18.9 Å². The number of carbonyl (C=O) groups is 2. The van der Waals surface area contributed by atoms with Crippen LogP contribution in [-0.4, -0.2) is 59.3 Å². The van der Waals surface area contributed by atoms with Crippen molar-refractivity contribution in [1.29, 1.82) is 0 Å². The van der Waals surface area contributed by atoms with Crippen LogP contribution in [0.4, 0.5) is 5.82 Å². The van der Waals surface area contributed by atoms with Crippen LogP contribution >= 0.6 is 0 Å². The molecule has 0 spiro atoms. The van der Waals surface area contributed by atoms with Gasteiger partial charge in [0.25, 0.3) is 0 Å². The van der Waals surface area contributed by atoms with Gasteiger partial charge in [0.15, 0.2) is 5.82 Å².